The van der Waals surface area contributed by atoms with Gasteiger partial charge in [-0.25, -0.2) is 18.6 Å². The van der Waals surface area contributed by atoms with Gasteiger partial charge < -0.3 is 19.1 Å². The molecule has 0 N–H and O–H groups in total. The van der Waals surface area contributed by atoms with Gasteiger partial charge in [-0.3, -0.25) is 4.79 Å². The number of aromatic nitrogens is 2. The lowest BCUT2D eigenvalue weighted by molar-refractivity contribution is -0.135. The van der Waals surface area contributed by atoms with Gasteiger partial charge in [0.25, 0.3) is 0 Å². The maximum atomic E-state index is 13.9. The Bertz CT molecular complexity index is 944. The van der Waals surface area contributed by atoms with Gasteiger partial charge >= 0.3 is 6.09 Å². The molecule has 0 spiro atoms. The molecule has 1 aliphatic heterocycles. The van der Waals surface area contributed by atoms with Crippen LogP contribution in [0.5, 0.6) is 0 Å². The minimum Gasteiger partial charge on any atom is -0.449 e. The Balaban J connectivity index is 1.77. The first-order valence-corrected chi connectivity index (χ1v) is 10.7. The zero-order valence-corrected chi connectivity index (χ0v) is 18.5. The molecule has 31 heavy (non-hydrogen) atoms. The number of amides is 2. The van der Waals surface area contributed by atoms with Gasteiger partial charge in [-0.05, 0) is 18.3 Å². The van der Waals surface area contributed by atoms with Crippen molar-refractivity contribution in [2.24, 2.45) is 11.8 Å². The number of benzene rings is 1. The van der Waals surface area contributed by atoms with Gasteiger partial charge in [0, 0.05) is 38.3 Å². The molecular weight excluding hydrogens is 406 g/mol. The summed E-state index contributed by atoms with van der Waals surface area (Å²) in [6, 6.07) is 1.50. The molecular formula is C22H30F2N4O3. The number of fused-ring (bicyclic) bond motifs is 1. The van der Waals surface area contributed by atoms with Gasteiger partial charge in [-0.15, -0.1) is 0 Å². The van der Waals surface area contributed by atoms with E-state index >= 15 is 0 Å². The first-order chi connectivity index (χ1) is 14.7. The molecule has 0 aliphatic carbocycles. The minimum atomic E-state index is -0.977. The highest BCUT2D eigenvalue weighted by molar-refractivity contribution is 5.84. The Morgan fingerprint density at radius 2 is 1.68 bits per heavy atom. The zero-order chi connectivity index (χ0) is 22.7. The molecule has 1 fully saturated rings. The minimum absolute atomic E-state index is 0.103. The zero-order valence-electron chi connectivity index (χ0n) is 18.5. The summed E-state index contributed by atoms with van der Waals surface area (Å²) in [5, 5.41) is 0. The van der Waals surface area contributed by atoms with Crippen LogP contribution < -0.4 is 0 Å². The van der Waals surface area contributed by atoms with Crippen LogP contribution >= 0.6 is 0 Å². The fraction of sp³-hybridized carbons (Fsp3) is 0.591. The van der Waals surface area contributed by atoms with Crippen molar-refractivity contribution < 1.29 is 23.1 Å². The fourth-order valence-corrected chi connectivity index (χ4v) is 3.81. The van der Waals surface area contributed by atoms with Gasteiger partial charge in [-0.2, -0.15) is 0 Å². The highest BCUT2D eigenvalue weighted by atomic mass is 19.2. The van der Waals surface area contributed by atoms with Crippen LogP contribution in [0.2, 0.25) is 0 Å². The number of rotatable bonds is 5. The largest absolute Gasteiger partial charge is 0.449 e. The van der Waals surface area contributed by atoms with E-state index in [4.69, 9.17) is 4.74 Å². The van der Waals surface area contributed by atoms with E-state index in [1.54, 1.807) is 14.4 Å². The molecule has 2 heterocycles. The summed E-state index contributed by atoms with van der Waals surface area (Å²) in [5.74, 6) is -1.93. The molecule has 1 aromatic heterocycles. The molecule has 3 rings (SSSR count). The van der Waals surface area contributed by atoms with Crippen molar-refractivity contribution in [1.29, 1.82) is 0 Å². The van der Waals surface area contributed by atoms with E-state index in [1.807, 2.05) is 27.7 Å². The van der Waals surface area contributed by atoms with Crippen molar-refractivity contribution in [3.05, 3.63) is 30.1 Å². The number of nitrogens with zero attached hydrogens (tertiary/aromatic N) is 4. The number of hydrogen-bond acceptors (Lipinski definition) is 4. The third kappa shape index (κ3) is 5.14. The van der Waals surface area contributed by atoms with Gasteiger partial charge in [-0.1, -0.05) is 27.7 Å². The molecule has 1 aliphatic rings. The topological polar surface area (TPSA) is 67.7 Å². The van der Waals surface area contributed by atoms with Gasteiger partial charge in [0.2, 0.25) is 5.91 Å². The maximum absolute atomic E-state index is 13.9. The molecule has 1 atom stereocenters. The summed E-state index contributed by atoms with van der Waals surface area (Å²) in [5.41, 5.74) is 0.673. The van der Waals surface area contributed by atoms with E-state index in [2.05, 4.69) is 4.98 Å². The lowest BCUT2D eigenvalue weighted by Gasteiger charge is -2.29. The van der Waals surface area contributed by atoms with Gasteiger partial charge in [0.15, 0.2) is 11.6 Å². The Kier molecular flexibility index (Phi) is 7.12. The molecule has 1 aromatic carbocycles. The molecule has 0 bridgehead atoms. The maximum Gasteiger partial charge on any atom is 0.409 e. The molecule has 2 amide bonds. The van der Waals surface area contributed by atoms with Crippen LogP contribution in [-0.4, -0.2) is 64.1 Å². The molecule has 0 radical (unpaired) electrons. The summed E-state index contributed by atoms with van der Waals surface area (Å²) in [7, 11) is 0. The van der Waals surface area contributed by atoms with Crippen molar-refractivity contribution in [1.82, 2.24) is 19.4 Å². The average Bonchev–Trinajstić information content (AvgIpc) is 2.94. The Hall–Kier alpha value is -2.71. The molecule has 0 saturated carbocycles. The Morgan fingerprint density at radius 1 is 1.03 bits per heavy atom. The molecule has 7 nitrogen and oxygen atoms in total. The standard InChI is InChI=1S/C22H30F2N4O3/c1-14(2)12-31-22(30)27-7-5-6-26(8-9-27)21(29)20(15(3)4)28-13-25-18-10-16(23)17(24)11-19(18)28/h10-11,13-15,20H,5-9,12H2,1-4H3. The summed E-state index contributed by atoms with van der Waals surface area (Å²) in [6.45, 7) is 9.91. The highest BCUT2D eigenvalue weighted by Gasteiger charge is 2.32. The predicted molar refractivity (Wildman–Crippen MR) is 112 cm³/mol. The third-order valence-electron chi connectivity index (χ3n) is 5.41. The molecule has 1 unspecified atom stereocenters. The number of hydrogen-bond donors (Lipinski definition) is 0. The second-order valence-electron chi connectivity index (χ2n) is 8.73. The number of carbonyl (C=O) groups excluding carboxylic acids is 2. The molecule has 170 valence electrons. The van der Waals surface area contributed by atoms with Crippen molar-refractivity contribution in [2.75, 3.05) is 32.8 Å². The van der Waals surface area contributed by atoms with Gasteiger partial charge in [0.1, 0.15) is 6.04 Å². The van der Waals surface area contributed by atoms with E-state index in [0.29, 0.717) is 50.2 Å². The fourth-order valence-electron chi connectivity index (χ4n) is 3.81. The summed E-state index contributed by atoms with van der Waals surface area (Å²) in [4.78, 5) is 33.3. The molecule has 1 saturated heterocycles. The molecule has 9 heteroatoms. The number of carbonyl (C=O) groups is 2. The van der Waals surface area contributed by atoms with Crippen LogP contribution in [0.25, 0.3) is 11.0 Å². The lowest BCUT2D eigenvalue weighted by Crippen LogP contribution is -2.42. The SMILES string of the molecule is CC(C)COC(=O)N1CCCN(C(=O)C(C(C)C)n2cnc3cc(F)c(F)cc32)CC1. The van der Waals surface area contributed by atoms with E-state index in [0.717, 1.165) is 12.1 Å². The Morgan fingerprint density at radius 3 is 2.35 bits per heavy atom. The smallest absolute Gasteiger partial charge is 0.409 e. The van der Waals surface area contributed by atoms with E-state index in [1.165, 1.54) is 6.33 Å². The van der Waals surface area contributed by atoms with Crippen molar-refractivity contribution >= 4 is 23.0 Å². The number of halogens is 2. The van der Waals surface area contributed by atoms with Crippen molar-refractivity contribution in [3.8, 4) is 0 Å². The normalized spacial score (nSPS) is 16.1. The van der Waals surface area contributed by atoms with E-state index in [-0.39, 0.29) is 23.8 Å². The van der Waals surface area contributed by atoms with Crippen LogP contribution in [0.1, 0.15) is 40.2 Å². The van der Waals surface area contributed by atoms with Crippen LogP contribution in [0, 0.1) is 23.5 Å². The van der Waals surface area contributed by atoms with E-state index < -0.39 is 17.7 Å². The summed E-state index contributed by atoms with van der Waals surface area (Å²) < 4.78 is 34.4. The lowest BCUT2D eigenvalue weighted by atomic mass is 10.0. The second kappa shape index (κ2) is 9.62. The monoisotopic (exact) mass is 436 g/mol. The van der Waals surface area contributed by atoms with Crippen LogP contribution in [0.4, 0.5) is 13.6 Å². The second-order valence-corrected chi connectivity index (χ2v) is 8.73. The van der Waals surface area contributed by atoms with Crippen LogP contribution in [0.15, 0.2) is 18.5 Å². The first-order valence-electron chi connectivity index (χ1n) is 10.7. The third-order valence-corrected chi connectivity index (χ3v) is 5.41. The number of imidazole rings is 1. The molecule has 2 aromatic rings. The highest BCUT2D eigenvalue weighted by Crippen LogP contribution is 2.27. The van der Waals surface area contributed by atoms with E-state index in [9.17, 15) is 18.4 Å². The van der Waals surface area contributed by atoms with Crippen LogP contribution in [-0.2, 0) is 9.53 Å². The number of ether oxygens (including phenoxy) is 1. The van der Waals surface area contributed by atoms with Crippen LogP contribution in [0.3, 0.4) is 0 Å². The van der Waals surface area contributed by atoms with Crippen molar-refractivity contribution in [2.45, 2.75) is 40.2 Å². The average molecular weight is 437 g/mol. The predicted octanol–water partition coefficient (Wildman–Crippen LogP) is 3.84. The quantitative estimate of drug-likeness (QED) is 0.714. The van der Waals surface area contributed by atoms with Crippen molar-refractivity contribution in [3.63, 3.8) is 0 Å². The summed E-state index contributed by atoms with van der Waals surface area (Å²) >= 11 is 0. The Labute approximate surface area is 181 Å². The summed E-state index contributed by atoms with van der Waals surface area (Å²) in [6.07, 6.45) is 1.73. The first kappa shape index (κ1) is 23.0. The van der Waals surface area contributed by atoms with Gasteiger partial charge in [0.05, 0.1) is 24.0 Å².